The smallest absolute Gasteiger partial charge is 0.231 e. The molecule has 0 saturated carbocycles. The average molecular weight is 292 g/mol. The standard InChI is InChI=1S/C16H12N4O2/c21-14(19-16-17-9-18-20-16)7-11-8-22-13-6-5-10-3-1-2-4-12(10)15(11)13/h1-6,8-9H,7H2,(H2,17,18,19,20,21). The highest BCUT2D eigenvalue weighted by atomic mass is 16.3. The molecule has 1 amide bonds. The van der Waals surface area contributed by atoms with Crippen molar-refractivity contribution in [2.75, 3.05) is 5.32 Å². The summed E-state index contributed by atoms with van der Waals surface area (Å²) in [5.74, 6) is 0.162. The van der Waals surface area contributed by atoms with E-state index < -0.39 is 0 Å². The summed E-state index contributed by atoms with van der Waals surface area (Å²) in [6.45, 7) is 0. The maximum atomic E-state index is 12.1. The third-order valence-corrected chi connectivity index (χ3v) is 3.56. The average Bonchev–Trinajstić information content (AvgIpc) is 3.17. The van der Waals surface area contributed by atoms with Crippen molar-refractivity contribution in [3.63, 3.8) is 0 Å². The van der Waals surface area contributed by atoms with Crippen LogP contribution in [0.25, 0.3) is 21.7 Å². The lowest BCUT2D eigenvalue weighted by Gasteiger charge is -2.02. The fourth-order valence-electron chi connectivity index (χ4n) is 2.62. The molecule has 2 aromatic heterocycles. The fraction of sp³-hybridized carbons (Fsp3) is 0.0625. The van der Waals surface area contributed by atoms with E-state index in [2.05, 4.69) is 20.5 Å². The fourth-order valence-corrected chi connectivity index (χ4v) is 2.62. The van der Waals surface area contributed by atoms with E-state index in [4.69, 9.17) is 4.42 Å². The first-order chi connectivity index (χ1) is 10.8. The minimum absolute atomic E-state index is 0.174. The van der Waals surface area contributed by atoms with Gasteiger partial charge in [-0.25, -0.2) is 5.10 Å². The van der Waals surface area contributed by atoms with Crippen LogP contribution in [-0.4, -0.2) is 21.1 Å². The molecule has 6 heteroatoms. The van der Waals surface area contributed by atoms with Gasteiger partial charge in [0.05, 0.1) is 12.7 Å². The van der Waals surface area contributed by atoms with Gasteiger partial charge in [-0.1, -0.05) is 30.3 Å². The van der Waals surface area contributed by atoms with Crippen LogP contribution in [0, 0.1) is 0 Å². The van der Waals surface area contributed by atoms with Gasteiger partial charge in [0, 0.05) is 10.9 Å². The highest BCUT2D eigenvalue weighted by Gasteiger charge is 2.13. The van der Waals surface area contributed by atoms with Crippen molar-refractivity contribution < 1.29 is 9.21 Å². The Balaban J connectivity index is 1.72. The zero-order valence-corrected chi connectivity index (χ0v) is 11.5. The van der Waals surface area contributed by atoms with Gasteiger partial charge in [-0.15, -0.1) is 0 Å². The number of benzene rings is 2. The molecule has 6 nitrogen and oxygen atoms in total. The number of furan rings is 1. The molecule has 0 radical (unpaired) electrons. The molecule has 108 valence electrons. The molecule has 2 heterocycles. The molecule has 4 rings (SSSR count). The van der Waals surface area contributed by atoms with E-state index in [-0.39, 0.29) is 12.3 Å². The number of carbonyl (C=O) groups excluding carboxylic acids is 1. The van der Waals surface area contributed by atoms with Gasteiger partial charge in [-0.3, -0.25) is 10.1 Å². The lowest BCUT2D eigenvalue weighted by Crippen LogP contribution is -2.15. The zero-order valence-electron chi connectivity index (χ0n) is 11.5. The van der Waals surface area contributed by atoms with Crippen LogP contribution >= 0.6 is 0 Å². The summed E-state index contributed by atoms with van der Waals surface area (Å²) >= 11 is 0. The van der Waals surface area contributed by atoms with Crippen LogP contribution in [0.1, 0.15) is 5.56 Å². The first kappa shape index (κ1) is 12.6. The SMILES string of the molecule is O=C(Cc1coc2ccc3ccccc3c12)Nc1ncn[nH]1. The van der Waals surface area contributed by atoms with Crippen LogP contribution in [0.2, 0.25) is 0 Å². The molecule has 22 heavy (non-hydrogen) atoms. The lowest BCUT2D eigenvalue weighted by molar-refractivity contribution is -0.115. The molecule has 0 fully saturated rings. The van der Waals surface area contributed by atoms with Crippen LogP contribution < -0.4 is 5.32 Å². The number of hydrogen-bond acceptors (Lipinski definition) is 4. The second-order valence-corrected chi connectivity index (χ2v) is 4.98. The number of nitrogens with one attached hydrogen (secondary N) is 2. The van der Waals surface area contributed by atoms with Gasteiger partial charge in [0.1, 0.15) is 11.9 Å². The summed E-state index contributed by atoms with van der Waals surface area (Å²) in [6, 6.07) is 12.0. The predicted octanol–water partition coefficient (Wildman–Crippen LogP) is 2.89. The molecule has 0 aliphatic carbocycles. The summed E-state index contributed by atoms with van der Waals surface area (Å²) < 4.78 is 5.58. The van der Waals surface area contributed by atoms with Crippen LogP contribution in [0.3, 0.4) is 0 Å². The Morgan fingerprint density at radius 3 is 3.00 bits per heavy atom. The zero-order chi connectivity index (χ0) is 14.9. The number of anilines is 1. The largest absolute Gasteiger partial charge is 0.464 e. The number of amides is 1. The molecule has 0 aliphatic rings. The van der Waals surface area contributed by atoms with Crippen molar-refractivity contribution in [3.05, 3.63) is 54.6 Å². The normalized spacial score (nSPS) is 11.1. The number of fused-ring (bicyclic) bond motifs is 3. The molecule has 4 aromatic rings. The summed E-state index contributed by atoms with van der Waals surface area (Å²) in [6.07, 6.45) is 3.19. The summed E-state index contributed by atoms with van der Waals surface area (Å²) in [4.78, 5) is 16.0. The highest BCUT2D eigenvalue weighted by molar-refractivity contribution is 6.08. The minimum atomic E-state index is -0.174. The van der Waals surface area contributed by atoms with E-state index in [1.54, 1.807) is 6.26 Å². The Kier molecular flexibility index (Phi) is 2.86. The Morgan fingerprint density at radius 1 is 1.23 bits per heavy atom. The Bertz CT molecular complexity index is 957. The summed E-state index contributed by atoms with van der Waals surface area (Å²) in [5.41, 5.74) is 1.63. The summed E-state index contributed by atoms with van der Waals surface area (Å²) in [5, 5.41) is 12.1. The molecule has 0 atom stereocenters. The molecule has 0 bridgehead atoms. The van der Waals surface area contributed by atoms with Crippen LogP contribution in [0.4, 0.5) is 5.95 Å². The van der Waals surface area contributed by atoms with Crippen LogP contribution in [0.5, 0.6) is 0 Å². The van der Waals surface area contributed by atoms with Crippen molar-refractivity contribution in [3.8, 4) is 0 Å². The number of aromatic amines is 1. The number of carbonyl (C=O) groups is 1. The number of H-pyrrole nitrogens is 1. The second-order valence-electron chi connectivity index (χ2n) is 4.98. The number of rotatable bonds is 3. The molecule has 2 aromatic carbocycles. The minimum Gasteiger partial charge on any atom is -0.464 e. The molecule has 2 N–H and O–H groups in total. The van der Waals surface area contributed by atoms with E-state index in [1.807, 2.05) is 36.4 Å². The van der Waals surface area contributed by atoms with E-state index in [9.17, 15) is 4.79 Å². The van der Waals surface area contributed by atoms with Gasteiger partial charge in [0.15, 0.2) is 0 Å². The van der Waals surface area contributed by atoms with Gasteiger partial charge >= 0.3 is 0 Å². The third kappa shape index (κ3) is 2.10. The van der Waals surface area contributed by atoms with E-state index in [0.717, 1.165) is 27.3 Å². The second kappa shape index (κ2) is 5.00. The van der Waals surface area contributed by atoms with Crippen LogP contribution in [0.15, 0.2) is 53.4 Å². The monoisotopic (exact) mass is 292 g/mol. The molecule has 0 spiro atoms. The number of aromatic nitrogens is 3. The molecular weight excluding hydrogens is 280 g/mol. The lowest BCUT2D eigenvalue weighted by atomic mass is 10.0. The van der Waals surface area contributed by atoms with Crippen LogP contribution in [-0.2, 0) is 11.2 Å². The maximum Gasteiger partial charge on any atom is 0.231 e. The quantitative estimate of drug-likeness (QED) is 0.608. The van der Waals surface area contributed by atoms with Crippen molar-refractivity contribution in [2.24, 2.45) is 0 Å². The van der Waals surface area contributed by atoms with Crippen molar-refractivity contribution in [2.45, 2.75) is 6.42 Å². The number of nitrogens with zero attached hydrogens (tertiary/aromatic N) is 2. The van der Waals surface area contributed by atoms with E-state index >= 15 is 0 Å². The highest BCUT2D eigenvalue weighted by Crippen LogP contribution is 2.30. The van der Waals surface area contributed by atoms with Gasteiger partial charge in [-0.05, 0) is 16.8 Å². The predicted molar refractivity (Wildman–Crippen MR) is 82.4 cm³/mol. The maximum absolute atomic E-state index is 12.1. The first-order valence-corrected chi connectivity index (χ1v) is 6.84. The molecule has 0 aliphatic heterocycles. The Hall–Kier alpha value is -3.15. The number of hydrogen-bond donors (Lipinski definition) is 2. The van der Waals surface area contributed by atoms with Crippen molar-refractivity contribution in [1.82, 2.24) is 15.2 Å². The molecule has 0 unspecified atom stereocenters. The Morgan fingerprint density at radius 2 is 2.14 bits per heavy atom. The van der Waals surface area contributed by atoms with Crippen molar-refractivity contribution in [1.29, 1.82) is 0 Å². The third-order valence-electron chi connectivity index (χ3n) is 3.56. The Labute approximate surface area is 125 Å². The van der Waals surface area contributed by atoms with Crippen molar-refractivity contribution >= 4 is 33.6 Å². The van der Waals surface area contributed by atoms with Gasteiger partial charge < -0.3 is 4.42 Å². The van der Waals surface area contributed by atoms with Gasteiger partial charge in [0.25, 0.3) is 0 Å². The summed E-state index contributed by atoms with van der Waals surface area (Å²) in [7, 11) is 0. The van der Waals surface area contributed by atoms with Gasteiger partial charge in [-0.2, -0.15) is 10.1 Å². The molecule has 0 saturated heterocycles. The van der Waals surface area contributed by atoms with Gasteiger partial charge in [0.2, 0.25) is 11.9 Å². The van der Waals surface area contributed by atoms with E-state index in [0.29, 0.717) is 5.95 Å². The first-order valence-electron chi connectivity index (χ1n) is 6.84. The topological polar surface area (TPSA) is 83.8 Å². The van der Waals surface area contributed by atoms with E-state index in [1.165, 1.54) is 6.33 Å². The molecular formula is C16H12N4O2.